The molecule has 0 aliphatic carbocycles. The third-order valence-corrected chi connectivity index (χ3v) is 5.93. The number of hydrogen-bond acceptors (Lipinski definition) is 5. The lowest BCUT2D eigenvalue weighted by atomic mass is 9.80. The molecule has 1 saturated heterocycles. The molecule has 1 unspecified atom stereocenters. The highest BCUT2D eigenvalue weighted by atomic mass is 35.5. The molecular formula is C22H21ClN4O. The first kappa shape index (κ1) is 17.7. The predicted molar refractivity (Wildman–Crippen MR) is 108 cm³/mol. The quantitative estimate of drug-likeness (QED) is 0.677. The van der Waals surface area contributed by atoms with Crippen LogP contribution in [0.15, 0.2) is 55.0 Å². The minimum Gasteiger partial charge on any atom is -0.376 e. The van der Waals surface area contributed by atoms with Gasteiger partial charge in [0.1, 0.15) is 0 Å². The number of likely N-dealkylation sites (tertiary alicyclic amines) is 1. The maximum Gasteiger partial charge on any atom is 0.160 e. The lowest BCUT2D eigenvalue weighted by molar-refractivity contribution is 0.0503. The molecule has 4 heterocycles. The second-order valence-corrected chi connectivity index (χ2v) is 8.11. The average molecular weight is 393 g/mol. The van der Waals surface area contributed by atoms with E-state index < -0.39 is 0 Å². The lowest BCUT2D eigenvalue weighted by Crippen LogP contribution is -2.40. The van der Waals surface area contributed by atoms with Crippen LogP contribution in [-0.4, -0.2) is 39.5 Å². The van der Waals surface area contributed by atoms with Crippen LogP contribution in [0.4, 0.5) is 0 Å². The fourth-order valence-corrected chi connectivity index (χ4v) is 4.41. The minimum atomic E-state index is -0.0695. The molecule has 0 saturated carbocycles. The number of nitrogens with zero attached hydrogens (tertiary/aromatic N) is 4. The van der Waals surface area contributed by atoms with Crippen LogP contribution in [0.5, 0.6) is 0 Å². The summed E-state index contributed by atoms with van der Waals surface area (Å²) in [5.41, 5.74) is 4.40. The Balaban J connectivity index is 1.43. The van der Waals surface area contributed by atoms with E-state index in [1.807, 2.05) is 36.7 Å². The van der Waals surface area contributed by atoms with Crippen LogP contribution in [0.3, 0.4) is 0 Å². The second kappa shape index (κ2) is 7.24. The van der Waals surface area contributed by atoms with E-state index in [-0.39, 0.29) is 5.41 Å². The van der Waals surface area contributed by atoms with E-state index in [2.05, 4.69) is 27.0 Å². The summed E-state index contributed by atoms with van der Waals surface area (Å²) >= 11 is 6.02. The van der Waals surface area contributed by atoms with Gasteiger partial charge in [0.2, 0.25) is 0 Å². The van der Waals surface area contributed by atoms with E-state index in [4.69, 9.17) is 21.3 Å². The Morgan fingerprint density at radius 3 is 2.86 bits per heavy atom. The van der Waals surface area contributed by atoms with Gasteiger partial charge in [-0.1, -0.05) is 23.7 Å². The van der Waals surface area contributed by atoms with E-state index >= 15 is 0 Å². The first-order chi connectivity index (χ1) is 13.7. The summed E-state index contributed by atoms with van der Waals surface area (Å²) in [6.45, 7) is 4.17. The average Bonchev–Trinajstić information content (AvgIpc) is 3.13. The molecule has 0 bridgehead atoms. The van der Waals surface area contributed by atoms with Crippen molar-refractivity contribution in [2.75, 3.05) is 19.7 Å². The number of ether oxygens (including phenoxy) is 1. The van der Waals surface area contributed by atoms with Gasteiger partial charge in [0.25, 0.3) is 0 Å². The molecule has 1 aromatic carbocycles. The molecule has 1 spiro atoms. The smallest absolute Gasteiger partial charge is 0.160 e. The minimum absolute atomic E-state index is 0.0695. The molecule has 0 N–H and O–H groups in total. The maximum atomic E-state index is 6.02. The molecule has 2 aliphatic rings. The Morgan fingerprint density at radius 2 is 2.04 bits per heavy atom. The Labute approximate surface area is 169 Å². The highest BCUT2D eigenvalue weighted by Gasteiger charge is 2.44. The Bertz CT molecular complexity index is 980. The molecule has 1 fully saturated rings. The molecule has 5 rings (SSSR count). The van der Waals surface area contributed by atoms with E-state index in [1.165, 1.54) is 5.56 Å². The zero-order chi connectivity index (χ0) is 19.0. The summed E-state index contributed by atoms with van der Waals surface area (Å²) in [6.07, 6.45) is 6.54. The number of halogens is 1. The molecule has 1 atom stereocenters. The zero-order valence-electron chi connectivity index (χ0n) is 15.5. The molecular weight excluding hydrogens is 372 g/mol. The summed E-state index contributed by atoms with van der Waals surface area (Å²) < 4.78 is 5.96. The van der Waals surface area contributed by atoms with Crippen molar-refractivity contribution >= 4 is 11.6 Å². The standard InChI is InChI=1S/C22H21ClN4O/c23-19-5-3-16(4-6-19)12-27-9-7-22(14-27)15-28-13-18-11-25-21(26-20(18)22)17-2-1-8-24-10-17/h1-6,8,10-11H,7,9,12-15H2. The number of fused-ring (bicyclic) bond motifs is 2. The van der Waals surface area contributed by atoms with Gasteiger partial charge in [-0.2, -0.15) is 0 Å². The van der Waals surface area contributed by atoms with Crippen LogP contribution in [0, 0.1) is 0 Å². The van der Waals surface area contributed by atoms with Crippen molar-refractivity contribution in [2.45, 2.75) is 25.0 Å². The van der Waals surface area contributed by atoms with Crippen LogP contribution in [0.1, 0.15) is 23.2 Å². The van der Waals surface area contributed by atoms with Crippen LogP contribution >= 0.6 is 11.6 Å². The molecule has 6 heteroatoms. The van der Waals surface area contributed by atoms with E-state index in [1.54, 1.807) is 6.20 Å². The molecule has 5 nitrogen and oxygen atoms in total. The second-order valence-electron chi connectivity index (χ2n) is 7.67. The molecule has 0 radical (unpaired) electrons. The molecule has 0 amide bonds. The van der Waals surface area contributed by atoms with Crippen LogP contribution in [0.2, 0.25) is 5.02 Å². The SMILES string of the molecule is Clc1ccc(CN2CCC3(COCc4cnc(-c5cccnc5)nc43)C2)cc1. The fraction of sp³-hybridized carbons (Fsp3) is 0.318. The lowest BCUT2D eigenvalue weighted by Gasteiger charge is -2.34. The molecule has 2 aromatic heterocycles. The van der Waals surface area contributed by atoms with Gasteiger partial charge in [0.05, 0.1) is 24.3 Å². The Morgan fingerprint density at radius 1 is 1.14 bits per heavy atom. The summed E-state index contributed by atoms with van der Waals surface area (Å²) in [6, 6.07) is 12.0. The van der Waals surface area contributed by atoms with E-state index in [0.717, 1.165) is 53.7 Å². The normalized spacial score (nSPS) is 21.8. The van der Waals surface area contributed by atoms with Crippen LogP contribution < -0.4 is 0 Å². The molecule has 3 aromatic rings. The summed E-state index contributed by atoms with van der Waals surface area (Å²) in [4.78, 5) is 16.2. The van der Waals surface area contributed by atoms with E-state index in [9.17, 15) is 0 Å². The van der Waals surface area contributed by atoms with Gasteiger partial charge in [-0.15, -0.1) is 0 Å². The molecule has 28 heavy (non-hydrogen) atoms. The highest BCUT2D eigenvalue weighted by molar-refractivity contribution is 6.30. The number of benzene rings is 1. The van der Waals surface area contributed by atoms with Gasteiger partial charge in [-0.25, -0.2) is 9.97 Å². The zero-order valence-corrected chi connectivity index (χ0v) is 16.3. The van der Waals surface area contributed by atoms with Gasteiger partial charge in [-0.3, -0.25) is 9.88 Å². The van der Waals surface area contributed by atoms with E-state index in [0.29, 0.717) is 13.2 Å². The van der Waals surface area contributed by atoms with Gasteiger partial charge in [0.15, 0.2) is 5.82 Å². The summed E-state index contributed by atoms with van der Waals surface area (Å²) in [5.74, 6) is 0.740. The van der Waals surface area contributed by atoms with Crippen molar-refractivity contribution in [1.29, 1.82) is 0 Å². The monoisotopic (exact) mass is 392 g/mol. The number of hydrogen-bond donors (Lipinski definition) is 0. The van der Waals surface area contributed by atoms with Crippen molar-refractivity contribution in [3.05, 3.63) is 76.8 Å². The van der Waals surface area contributed by atoms with Crippen molar-refractivity contribution in [3.8, 4) is 11.4 Å². The maximum absolute atomic E-state index is 6.02. The first-order valence-corrected chi connectivity index (χ1v) is 9.91. The number of rotatable bonds is 3. The largest absolute Gasteiger partial charge is 0.376 e. The van der Waals surface area contributed by atoms with Crippen molar-refractivity contribution in [1.82, 2.24) is 19.9 Å². The van der Waals surface area contributed by atoms with Gasteiger partial charge < -0.3 is 4.74 Å². The summed E-state index contributed by atoms with van der Waals surface area (Å²) in [7, 11) is 0. The van der Waals surface area contributed by atoms with Crippen molar-refractivity contribution in [3.63, 3.8) is 0 Å². The van der Waals surface area contributed by atoms with Gasteiger partial charge in [0, 0.05) is 47.8 Å². The molecule has 142 valence electrons. The highest BCUT2D eigenvalue weighted by Crippen LogP contribution is 2.40. The summed E-state index contributed by atoms with van der Waals surface area (Å²) in [5, 5.41) is 0.774. The topological polar surface area (TPSA) is 51.1 Å². The third kappa shape index (κ3) is 3.30. The third-order valence-electron chi connectivity index (χ3n) is 5.67. The van der Waals surface area contributed by atoms with Crippen molar-refractivity contribution < 1.29 is 4.74 Å². The Hall–Kier alpha value is -2.34. The number of pyridine rings is 1. The van der Waals surface area contributed by atoms with Gasteiger partial charge in [-0.05, 0) is 42.8 Å². The Kier molecular flexibility index (Phi) is 4.59. The van der Waals surface area contributed by atoms with Crippen LogP contribution in [0.25, 0.3) is 11.4 Å². The van der Waals surface area contributed by atoms with Gasteiger partial charge >= 0.3 is 0 Å². The first-order valence-electron chi connectivity index (χ1n) is 9.53. The van der Waals surface area contributed by atoms with Crippen molar-refractivity contribution in [2.24, 2.45) is 0 Å². The van der Waals surface area contributed by atoms with Crippen LogP contribution in [-0.2, 0) is 23.3 Å². The fourth-order valence-electron chi connectivity index (χ4n) is 4.28. The predicted octanol–water partition coefficient (Wildman–Crippen LogP) is 3.87. The molecule has 2 aliphatic heterocycles. The number of aromatic nitrogens is 3.